The number of nitrogen functional groups attached to an aromatic ring is 1. The highest BCUT2D eigenvalue weighted by Gasteiger charge is 2.25. The highest BCUT2D eigenvalue weighted by atomic mass is 16.5. The van der Waals surface area contributed by atoms with E-state index in [0.717, 1.165) is 31.1 Å². The number of nitrogens with two attached hydrogens (primary N) is 1. The molecule has 19 heavy (non-hydrogen) atoms. The highest BCUT2D eigenvalue weighted by molar-refractivity contribution is 5.98. The Morgan fingerprint density at radius 3 is 2.74 bits per heavy atom. The zero-order valence-electron chi connectivity index (χ0n) is 11.8. The molecule has 1 saturated heterocycles. The number of anilines is 2. The molecule has 0 spiro atoms. The van der Waals surface area contributed by atoms with Gasteiger partial charge in [-0.15, -0.1) is 0 Å². The van der Waals surface area contributed by atoms with Crippen LogP contribution >= 0.6 is 0 Å². The second-order valence-corrected chi connectivity index (χ2v) is 5.42. The molecule has 0 bridgehead atoms. The average molecular weight is 262 g/mol. The van der Waals surface area contributed by atoms with Gasteiger partial charge in [-0.25, -0.2) is 4.79 Å². The summed E-state index contributed by atoms with van der Waals surface area (Å²) in [4.78, 5) is 13.9. The van der Waals surface area contributed by atoms with Crippen molar-refractivity contribution in [3.8, 4) is 0 Å². The molecule has 0 radical (unpaired) electrons. The molecule has 4 heteroatoms. The molecule has 1 aliphatic heterocycles. The van der Waals surface area contributed by atoms with Crippen molar-refractivity contribution < 1.29 is 9.53 Å². The van der Waals surface area contributed by atoms with Crippen LogP contribution < -0.4 is 10.6 Å². The molecule has 1 fully saturated rings. The molecule has 0 amide bonds. The molecule has 2 atom stereocenters. The molecule has 2 N–H and O–H groups in total. The largest absolute Gasteiger partial charge is 0.465 e. The fourth-order valence-corrected chi connectivity index (χ4v) is 2.60. The first-order chi connectivity index (χ1) is 9.04. The minimum Gasteiger partial charge on any atom is -0.465 e. The third kappa shape index (κ3) is 2.67. The molecule has 1 aromatic carbocycles. The third-order valence-corrected chi connectivity index (χ3v) is 4.16. The molecule has 104 valence electrons. The van der Waals surface area contributed by atoms with E-state index in [2.05, 4.69) is 18.7 Å². The summed E-state index contributed by atoms with van der Waals surface area (Å²) in [6.45, 7) is 6.52. The predicted octanol–water partition coefficient (Wildman–Crippen LogP) is 2.54. The number of hydrogen-bond acceptors (Lipinski definition) is 4. The summed E-state index contributed by atoms with van der Waals surface area (Å²) in [6.07, 6.45) is 1.16. The molecule has 2 rings (SSSR count). The topological polar surface area (TPSA) is 55.6 Å². The summed E-state index contributed by atoms with van der Waals surface area (Å²) < 4.78 is 4.76. The predicted molar refractivity (Wildman–Crippen MR) is 77.4 cm³/mol. The second kappa shape index (κ2) is 5.51. The Balaban J connectivity index is 2.28. The Hall–Kier alpha value is -1.71. The Bertz CT molecular complexity index is 473. The van der Waals surface area contributed by atoms with Crippen LogP contribution in [0.5, 0.6) is 0 Å². The standard InChI is InChI=1S/C15H22N2O2/c1-10-7-8-17(9-11(10)2)13-6-4-5-12(14(13)16)15(18)19-3/h4-6,10-11H,7-9,16H2,1-3H3. The fraction of sp³-hybridized carbons (Fsp3) is 0.533. The SMILES string of the molecule is COC(=O)c1cccc(N2CCC(C)C(C)C2)c1N. The minimum atomic E-state index is -0.377. The number of ether oxygens (including phenoxy) is 1. The normalized spacial score (nSPS) is 23.2. The van der Waals surface area contributed by atoms with E-state index in [1.165, 1.54) is 7.11 Å². The van der Waals surface area contributed by atoms with Crippen molar-refractivity contribution >= 4 is 17.3 Å². The van der Waals surface area contributed by atoms with E-state index < -0.39 is 0 Å². The Morgan fingerprint density at radius 1 is 1.37 bits per heavy atom. The van der Waals surface area contributed by atoms with Crippen molar-refractivity contribution in [2.75, 3.05) is 30.8 Å². The van der Waals surface area contributed by atoms with Crippen LogP contribution in [-0.4, -0.2) is 26.2 Å². The number of benzene rings is 1. The summed E-state index contributed by atoms with van der Waals surface area (Å²) in [5.74, 6) is 0.994. The van der Waals surface area contributed by atoms with Gasteiger partial charge < -0.3 is 15.4 Å². The van der Waals surface area contributed by atoms with Crippen molar-refractivity contribution in [3.05, 3.63) is 23.8 Å². The molecule has 0 aromatic heterocycles. The first kappa shape index (κ1) is 13.7. The third-order valence-electron chi connectivity index (χ3n) is 4.16. The van der Waals surface area contributed by atoms with Crippen LogP contribution in [0.3, 0.4) is 0 Å². The summed E-state index contributed by atoms with van der Waals surface area (Å²) in [5.41, 5.74) is 8.05. The van der Waals surface area contributed by atoms with E-state index in [9.17, 15) is 4.79 Å². The summed E-state index contributed by atoms with van der Waals surface area (Å²) >= 11 is 0. The monoisotopic (exact) mass is 262 g/mol. The quantitative estimate of drug-likeness (QED) is 0.657. The first-order valence-electron chi connectivity index (χ1n) is 6.76. The van der Waals surface area contributed by atoms with Gasteiger partial charge in [0.15, 0.2) is 0 Å². The van der Waals surface area contributed by atoms with Crippen LogP contribution in [0.25, 0.3) is 0 Å². The minimum absolute atomic E-state index is 0.377. The number of carbonyl (C=O) groups is 1. The van der Waals surface area contributed by atoms with E-state index in [4.69, 9.17) is 10.5 Å². The maximum Gasteiger partial charge on any atom is 0.340 e. The zero-order valence-corrected chi connectivity index (χ0v) is 11.8. The molecular weight excluding hydrogens is 240 g/mol. The van der Waals surface area contributed by atoms with Gasteiger partial charge in [-0.1, -0.05) is 19.9 Å². The number of rotatable bonds is 2. The van der Waals surface area contributed by atoms with Gasteiger partial charge in [-0.05, 0) is 30.4 Å². The van der Waals surface area contributed by atoms with Gasteiger partial charge in [0, 0.05) is 13.1 Å². The average Bonchev–Trinajstić information content (AvgIpc) is 2.41. The lowest BCUT2D eigenvalue weighted by molar-refractivity contribution is 0.0602. The zero-order chi connectivity index (χ0) is 14.0. The summed E-state index contributed by atoms with van der Waals surface area (Å²) in [6, 6.07) is 5.55. The maximum absolute atomic E-state index is 11.7. The molecule has 0 aliphatic carbocycles. The van der Waals surface area contributed by atoms with Crippen LogP contribution in [0.4, 0.5) is 11.4 Å². The molecular formula is C15H22N2O2. The number of carbonyl (C=O) groups excluding carboxylic acids is 1. The lowest BCUT2D eigenvalue weighted by atomic mass is 9.88. The summed E-state index contributed by atoms with van der Waals surface area (Å²) in [5, 5.41) is 0. The van der Waals surface area contributed by atoms with E-state index in [1.54, 1.807) is 6.07 Å². The molecule has 1 aliphatic rings. The number of methoxy groups -OCH3 is 1. The van der Waals surface area contributed by atoms with Gasteiger partial charge in [-0.2, -0.15) is 0 Å². The Kier molecular flexibility index (Phi) is 3.98. The van der Waals surface area contributed by atoms with Crippen LogP contribution in [0, 0.1) is 11.8 Å². The second-order valence-electron chi connectivity index (χ2n) is 5.42. The first-order valence-corrected chi connectivity index (χ1v) is 6.76. The van der Waals surface area contributed by atoms with E-state index in [0.29, 0.717) is 17.2 Å². The molecule has 0 saturated carbocycles. The highest BCUT2D eigenvalue weighted by Crippen LogP contribution is 2.32. The van der Waals surface area contributed by atoms with Crippen LogP contribution in [0.1, 0.15) is 30.6 Å². The molecule has 1 aromatic rings. The molecule has 4 nitrogen and oxygen atoms in total. The van der Waals surface area contributed by atoms with Crippen molar-refractivity contribution in [1.82, 2.24) is 0 Å². The number of hydrogen-bond donors (Lipinski definition) is 1. The lowest BCUT2D eigenvalue weighted by Crippen LogP contribution is -2.38. The van der Waals surface area contributed by atoms with E-state index >= 15 is 0 Å². The van der Waals surface area contributed by atoms with Crippen molar-refractivity contribution in [1.29, 1.82) is 0 Å². The maximum atomic E-state index is 11.7. The Morgan fingerprint density at radius 2 is 2.11 bits per heavy atom. The van der Waals surface area contributed by atoms with Gasteiger partial charge in [0.1, 0.15) is 0 Å². The van der Waals surface area contributed by atoms with Gasteiger partial charge in [-0.3, -0.25) is 0 Å². The lowest BCUT2D eigenvalue weighted by Gasteiger charge is -2.37. The van der Waals surface area contributed by atoms with Gasteiger partial charge in [0.2, 0.25) is 0 Å². The fourth-order valence-electron chi connectivity index (χ4n) is 2.60. The molecule has 1 heterocycles. The van der Waals surface area contributed by atoms with Crippen molar-refractivity contribution in [2.45, 2.75) is 20.3 Å². The number of para-hydroxylation sites is 1. The smallest absolute Gasteiger partial charge is 0.340 e. The van der Waals surface area contributed by atoms with Gasteiger partial charge in [0.25, 0.3) is 0 Å². The number of piperidine rings is 1. The van der Waals surface area contributed by atoms with E-state index in [1.807, 2.05) is 12.1 Å². The number of nitrogens with zero attached hydrogens (tertiary/aromatic N) is 1. The van der Waals surface area contributed by atoms with Crippen LogP contribution in [0.15, 0.2) is 18.2 Å². The van der Waals surface area contributed by atoms with Gasteiger partial charge >= 0.3 is 5.97 Å². The molecule has 2 unspecified atom stereocenters. The van der Waals surface area contributed by atoms with Crippen LogP contribution in [-0.2, 0) is 4.74 Å². The summed E-state index contributed by atoms with van der Waals surface area (Å²) in [7, 11) is 1.37. The van der Waals surface area contributed by atoms with Crippen molar-refractivity contribution in [2.24, 2.45) is 11.8 Å². The number of esters is 1. The van der Waals surface area contributed by atoms with Crippen LogP contribution in [0.2, 0.25) is 0 Å². The van der Waals surface area contributed by atoms with Crippen molar-refractivity contribution in [3.63, 3.8) is 0 Å². The van der Waals surface area contributed by atoms with E-state index in [-0.39, 0.29) is 5.97 Å². The Labute approximate surface area is 114 Å². The van der Waals surface area contributed by atoms with Gasteiger partial charge in [0.05, 0.1) is 24.0 Å².